The van der Waals surface area contributed by atoms with Crippen molar-refractivity contribution in [1.82, 2.24) is 10.2 Å². The van der Waals surface area contributed by atoms with Crippen LogP contribution in [0, 0.1) is 11.8 Å². The lowest BCUT2D eigenvalue weighted by Crippen LogP contribution is -2.46. The standard InChI is InChI=1S/C13H30N2/c1-10(2)8-15(12(5)6)9-13(14-7)11(3)4/h10-14H,8-9H2,1-7H3. The van der Waals surface area contributed by atoms with Crippen molar-refractivity contribution in [3.05, 3.63) is 0 Å². The molecule has 0 aromatic heterocycles. The van der Waals surface area contributed by atoms with Crippen LogP contribution in [0.3, 0.4) is 0 Å². The summed E-state index contributed by atoms with van der Waals surface area (Å²) in [6.07, 6.45) is 0. The molecule has 0 radical (unpaired) electrons. The largest absolute Gasteiger partial charge is 0.315 e. The molecule has 0 saturated carbocycles. The van der Waals surface area contributed by atoms with Crippen molar-refractivity contribution >= 4 is 0 Å². The summed E-state index contributed by atoms with van der Waals surface area (Å²) in [5.41, 5.74) is 0. The van der Waals surface area contributed by atoms with E-state index in [1.54, 1.807) is 0 Å². The highest BCUT2D eigenvalue weighted by Gasteiger charge is 2.18. The highest BCUT2D eigenvalue weighted by atomic mass is 15.2. The lowest BCUT2D eigenvalue weighted by atomic mass is 10.0. The zero-order valence-electron chi connectivity index (χ0n) is 11.7. The zero-order chi connectivity index (χ0) is 12.0. The summed E-state index contributed by atoms with van der Waals surface area (Å²) in [6, 6.07) is 1.24. The van der Waals surface area contributed by atoms with Crippen molar-refractivity contribution in [2.75, 3.05) is 20.1 Å². The van der Waals surface area contributed by atoms with Gasteiger partial charge in [-0.25, -0.2) is 0 Å². The summed E-state index contributed by atoms with van der Waals surface area (Å²) < 4.78 is 0. The molecular weight excluding hydrogens is 184 g/mol. The molecule has 0 aromatic rings. The molecule has 0 fully saturated rings. The van der Waals surface area contributed by atoms with Crippen molar-refractivity contribution in [1.29, 1.82) is 0 Å². The second kappa shape index (κ2) is 7.24. The lowest BCUT2D eigenvalue weighted by molar-refractivity contribution is 0.165. The summed E-state index contributed by atoms with van der Waals surface area (Å²) in [4.78, 5) is 2.58. The van der Waals surface area contributed by atoms with Crippen LogP contribution in [0.4, 0.5) is 0 Å². The first-order valence-corrected chi connectivity index (χ1v) is 6.29. The van der Waals surface area contributed by atoms with Crippen LogP contribution >= 0.6 is 0 Å². The second-order valence-electron chi connectivity index (χ2n) is 5.58. The summed E-state index contributed by atoms with van der Waals surface area (Å²) in [5, 5.41) is 3.42. The maximum atomic E-state index is 3.42. The lowest BCUT2D eigenvalue weighted by Gasteiger charge is -2.33. The van der Waals surface area contributed by atoms with E-state index in [9.17, 15) is 0 Å². The Hall–Kier alpha value is -0.0800. The van der Waals surface area contributed by atoms with Crippen molar-refractivity contribution < 1.29 is 0 Å². The van der Waals surface area contributed by atoms with Gasteiger partial charge in [-0.2, -0.15) is 0 Å². The van der Waals surface area contributed by atoms with Gasteiger partial charge in [-0.1, -0.05) is 27.7 Å². The summed E-state index contributed by atoms with van der Waals surface area (Å²) >= 11 is 0. The van der Waals surface area contributed by atoms with Crippen LogP contribution in [0.2, 0.25) is 0 Å². The Bertz CT molecular complexity index is 153. The highest BCUT2D eigenvalue weighted by Crippen LogP contribution is 2.09. The minimum absolute atomic E-state index is 0.603. The Morgan fingerprint density at radius 2 is 1.47 bits per heavy atom. The molecule has 2 nitrogen and oxygen atoms in total. The fraction of sp³-hybridized carbons (Fsp3) is 1.00. The minimum Gasteiger partial charge on any atom is -0.315 e. The molecule has 0 heterocycles. The third kappa shape index (κ3) is 6.16. The maximum Gasteiger partial charge on any atom is 0.0215 e. The van der Waals surface area contributed by atoms with E-state index in [4.69, 9.17) is 0 Å². The van der Waals surface area contributed by atoms with Gasteiger partial charge in [0.2, 0.25) is 0 Å². The minimum atomic E-state index is 0.603. The molecule has 0 bridgehead atoms. The molecule has 0 spiro atoms. The molecule has 2 heteroatoms. The molecule has 92 valence electrons. The number of likely N-dealkylation sites (N-methyl/N-ethyl adjacent to an activating group) is 1. The summed E-state index contributed by atoms with van der Waals surface area (Å²) in [6.45, 7) is 16.1. The Morgan fingerprint density at radius 3 is 1.73 bits per heavy atom. The smallest absolute Gasteiger partial charge is 0.0215 e. The van der Waals surface area contributed by atoms with Gasteiger partial charge in [0, 0.05) is 25.2 Å². The van der Waals surface area contributed by atoms with Gasteiger partial charge in [-0.05, 0) is 32.7 Å². The topological polar surface area (TPSA) is 15.3 Å². The van der Waals surface area contributed by atoms with Crippen molar-refractivity contribution in [3.8, 4) is 0 Å². The first-order valence-electron chi connectivity index (χ1n) is 6.29. The van der Waals surface area contributed by atoms with Crippen LogP contribution in [-0.4, -0.2) is 37.1 Å². The normalized spacial score (nSPS) is 14.6. The molecule has 0 rings (SSSR count). The van der Waals surface area contributed by atoms with E-state index in [1.165, 1.54) is 6.54 Å². The molecule has 0 aliphatic heterocycles. The van der Waals surface area contributed by atoms with Crippen LogP contribution in [0.25, 0.3) is 0 Å². The van der Waals surface area contributed by atoms with Crippen molar-refractivity contribution in [3.63, 3.8) is 0 Å². The van der Waals surface area contributed by atoms with Crippen LogP contribution in [0.5, 0.6) is 0 Å². The van der Waals surface area contributed by atoms with Crippen molar-refractivity contribution in [2.24, 2.45) is 11.8 Å². The van der Waals surface area contributed by atoms with Gasteiger partial charge in [-0.15, -0.1) is 0 Å². The molecule has 15 heavy (non-hydrogen) atoms. The second-order valence-corrected chi connectivity index (χ2v) is 5.58. The molecule has 0 aliphatic rings. The Morgan fingerprint density at radius 1 is 0.933 bits per heavy atom. The van der Waals surface area contributed by atoms with E-state index in [0.29, 0.717) is 18.0 Å². The average molecular weight is 214 g/mol. The number of rotatable bonds is 7. The van der Waals surface area contributed by atoms with E-state index in [-0.39, 0.29) is 0 Å². The number of nitrogens with one attached hydrogen (secondary N) is 1. The van der Waals surface area contributed by atoms with Crippen LogP contribution in [0.1, 0.15) is 41.5 Å². The molecule has 0 saturated heterocycles. The first kappa shape index (κ1) is 14.9. The summed E-state index contributed by atoms with van der Waals surface area (Å²) in [5.74, 6) is 1.44. The SMILES string of the molecule is CNC(CN(CC(C)C)C(C)C)C(C)C. The van der Waals surface area contributed by atoms with Crippen LogP contribution in [0.15, 0.2) is 0 Å². The highest BCUT2D eigenvalue weighted by molar-refractivity contribution is 4.76. The third-order valence-corrected chi connectivity index (χ3v) is 2.94. The number of nitrogens with zero attached hydrogens (tertiary/aromatic N) is 1. The van der Waals surface area contributed by atoms with Gasteiger partial charge in [0.15, 0.2) is 0 Å². The third-order valence-electron chi connectivity index (χ3n) is 2.94. The van der Waals surface area contributed by atoms with Gasteiger partial charge in [-0.3, -0.25) is 4.90 Å². The Labute approximate surface area is 96.4 Å². The van der Waals surface area contributed by atoms with Gasteiger partial charge in [0.05, 0.1) is 0 Å². The van der Waals surface area contributed by atoms with Crippen molar-refractivity contribution in [2.45, 2.75) is 53.6 Å². The average Bonchev–Trinajstić information content (AvgIpc) is 2.10. The number of hydrogen-bond acceptors (Lipinski definition) is 2. The predicted molar refractivity (Wildman–Crippen MR) is 69.2 cm³/mol. The van der Waals surface area contributed by atoms with E-state index in [2.05, 4.69) is 58.8 Å². The van der Waals surface area contributed by atoms with E-state index in [0.717, 1.165) is 12.5 Å². The van der Waals surface area contributed by atoms with E-state index < -0.39 is 0 Å². The zero-order valence-corrected chi connectivity index (χ0v) is 11.7. The Kier molecular flexibility index (Phi) is 7.20. The van der Waals surface area contributed by atoms with Crippen LogP contribution < -0.4 is 5.32 Å². The molecule has 1 N–H and O–H groups in total. The molecule has 0 aliphatic carbocycles. The summed E-state index contributed by atoms with van der Waals surface area (Å²) in [7, 11) is 2.07. The fourth-order valence-electron chi connectivity index (χ4n) is 1.85. The first-order chi connectivity index (χ1) is 6.88. The molecular formula is C13H30N2. The molecule has 1 unspecified atom stereocenters. The molecule has 0 amide bonds. The molecule has 0 aromatic carbocycles. The fourth-order valence-corrected chi connectivity index (χ4v) is 1.85. The van der Waals surface area contributed by atoms with Gasteiger partial charge < -0.3 is 5.32 Å². The van der Waals surface area contributed by atoms with Crippen LogP contribution in [-0.2, 0) is 0 Å². The quantitative estimate of drug-likeness (QED) is 0.701. The van der Waals surface area contributed by atoms with Gasteiger partial charge in [0.25, 0.3) is 0 Å². The predicted octanol–water partition coefficient (Wildman–Crippen LogP) is 2.60. The Balaban J connectivity index is 4.25. The number of hydrogen-bond donors (Lipinski definition) is 1. The monoisotopic (exact) mass is 214 g/mol. The van der Waals surface area contributed by atoms with Gasteiger partial charge in [0.1, 0.15) is 0 Å². The molecule has 1 atom stereocenters. The van der Waals surface area contributed by atoms with E-state index >= 15 is 0 Å². The van der Waals surface area contributed by atoms with E-state index in [1.807, 2.05) is 0 Å². The maximum absolute atomic E-state index is 3.42. The van der Waals surface area contributed by atoms with Gasteiger partial charge >= 0.3 is 0 Å².